The number of carboxylic acid groups (broad SMARTS) is 1. The number of hydrogen-bond donors (Lipinski definition) is 4. The fourth-order valence-corrected chi connectivity index (χ4v) is 3.71. The molecule has 2 heterocycles. The van der Waals surface area contributed by atoms with E-state index in [-0.39, 0.29) is 23.4 Å². The summed E-state index contributed by atoms with van der Waals surface area (Å²) in [5.41, 5.74) is 3.46. The molecule has 4 N–H and O–H groups in total. The summed E-state index contributed by atoms with van der Waals surface area (Å²) in [6.07, 6.45) is 0.206. The van der Waals surface area contributed by atoms with Gasteiger partial charge in [0.1, 0.15) is 12.9 Å². The number of aromatic carboxylic acids is 1. The zero-order chi connectivity index (χ0) is 21.3. The smallest absolute Gasteiger partial charge is 0.534 e. The molecule has 0 radical (unpaired) electrons. The van der Waals surface area contributed by atoms with Gasteiger partial charge in [-0.1, -0.05) is 29.4 Å². The SMILES string of the molecule is CON=C(C(=O)NC1Cc2cccc(C(=O)O)c2OB1O)c1ccc2c(c1)CNC2. The highest BCUT2D eigenvalue weighted by atomic mass is 16.6. The fourth-order valence-electron chi connectivity index (χ4n) is 3.71. The van der Waals surface area contributed by atoms with Crippen LogP contribution in [0.2, 0.25) is 0 Å². The molecule has 0 aliphatic carbocycles. The normalized spacial score (nSPS) is 17.6. The first kappa shape index (κ1) is 19.9. The Labute approximate surface area is 172 Å². The maximum Gasteiger partial charge on any atom is 0.547 e. The Hall–Kier alpha value is -3.37. The number of carboxylic acids is 1. The predicted octanol–water partition coefficient (Wildman–Crippen LogP) is 0.478. The molecule has 4 rings (SSSR count). The van der Waals surface area contributed by atoms with Crippen molar-refractivity contribution in [3.63, 3.8) is 0 Å². The number of carbonyl (C=O) groups excluding carboxylic acids is 1. The average Bonchev–Trinajstić information content (AvgIpc) is 3.19. The largest absolute Gasteiger partial charge is 0.547 e. The zero-order valence-electron chi connectivity index (χ0n) is 16.2. The highest BCUT2D eigenvalue weighted by Gasteiger charge is 2.38. The fraction of sp³-hybridized carbons (Fsp3) is 0.250. The lowest BCUT2D eigenvalue weighted by Crippen LogP contribution is -2.54. The van der Waals surface area contributed by atoms with Gasteiger partial charge in [-0.25, -0.2) is 4.79 Å². The lowest BCUT2D eigenvalue weighted by Gasteiger charge is -2.29. The molecule has 154 valence electrons. The molecule has 2 aliphatic heterocycles. The molecule has 9 nitrogen and oxygen atoms in total. The molecular formula is C20H20BN3O6. The standard InChI is InChI=1S/C20H20BN3O6/c1-29-24-17(11-5-6-13-9-22-10-14(13)7-11)19(25)23-16-8-12-3-2-4-15(20(26)27)18(12)30-21(16)28/h2-7,16,22,28H,8-10H2,1H3,(H,23,25)(H,26,27). The van der Waals surface area contributed by atoms with Gasteiger partial charge in [-0.3, -0.25) is 4.79 Å². The summed E-state index contributed by atoms with van der Waals surface area (Å²) in [6, 6.07) is 10.3. The van der Waals surface area contributed by atoms with Crippen LogP contribution in [0.15, 0.2) is 41.6 Å². The molecule has 2 aliphatic rings. The summed E-state index contributed by atoms with van der Waals surface area (Å²) >= 11 is 0. The number of amides is 1. The molecule has 1 atom stereocenters. The highest BCUT2D eigenvalue weighted by Crippen LogP contribution is 2.30. The first-order valence-corrected chi connectivity index (χ1v) is 9.42. The van der Waals surface area contributed by atoms with Crippen LogP contribution in [-0.4, -0.2) is 47.9 Å². The number of rotatable bonds is 5. The van der Waals surface area contributed by atoms with Gasteiger partial charge in [0, 0.05) is 18.7 Å². The molecule has 10 heteroatoms. The molecule has 0 fully saturated rings. The molecule has 1 amide bonds. The van der Waals surface area contributed by atoms with Crippen LogP contribution in [-0.2, 0) is 29.1 Å². The van der Waals surface area contributed by atoms with Crippen molar-refractivity contribution in [2.45, 2.75) is 25.5 Å². The molecule has 2 aromatic carbocycles. The maximum atomic E-state index is 12.9. The molecule has 0 bridgehead atoms. The van der Waals surface area contributed by atoms with E-state index in [0.29, 0.717) is 17.7 Å². The third-order valence-electron chi connectivity index (χ3n) is 5.17. The van der Waals surface area contributed by atoms with E-state index in [1.807, 2.05) is 12.1 Å². The molecule has 0 spiro atoms. The van der Waals surface area contributed by atoms with E-state index in [0.717, 1.165) is 17.7 Å². The van der Waals surface area contributed by atoms with E-state index in [9.17, 15) is 19.7 Å². The van der Waals surface area contributed by atoms with Crippen LogP contribution in [0.25, 0.3) is 0 Å². The van der Waals surface area contributed by atoms with Gasteiger partial charge >= 0.3 is 13.1 Å². The molecule has 1 unspecified atom stereocenters. The first-order chi connectivity index (χ1) is 14.5. The summed E-state index contributed by atoms with van der Waals surface area (Å²) in [6.45, 7) is 1.49. The summed E-state index contributed by atoms with van der Waals surface area (Å²) in [5, 5.41) is 29.5. The van der Waals surface area contributed by atoms with Crippen molar-refractivity contribution >= 4 is 24.7 Å². The van der Waals surface area contributed by atoms with Crippen LogP contribution in [0.1, 0.15) is 32.6 Å². The molecule has 0 aromatic heterocycles. The summed E-state index contributed by atoms with van der Waals surface area (Å²) < 4.78 is 5.42. The number of nitrogens with zero attached hydrogens (tertiary/aromatic N) is 1. The van der Waals surface area contributed by atoms with Gasteiger partial charge in [0.2, 0.25) is 0 Å². The van der Waals surface area contributed by atoms with Gasteiger partial charge in [-0.15, -0.1) is 0 Å². The van der Waals surface area contributed by atoms with Gasteiger partial charge in [-0.2, -0.15) is 0 Å². The summed E-state index contributed by atoms with van der Waals surface area (Å²) in [7, 11) is -0.0558. The van der Waals surface area contributed by atoms with Crippen molar-refractivity contribution in [3.8, 4) is 5.75 Å². The first-order valence-electron chi connectivity index (χ1n) is 9.42. The minimum absolute atomic E-state index is 0.0373. The van der Waals surface area contributed by atoms with Crippen LogP contribution in [0.5, 0.6) is 5.75 Å². The van der Waals surface area contributed by atoms with E-state index in [1.165, 1.54) is 13.2 Å². The van der Waals surface area contributed by atoms with Crippen molar-refractivity contribution in [1.29, 1.82) is 0 Å². The Morgan fingerprint density at radius 2 is 2.03 bits per heavy atom. The van der Waals surface area contributed by atoms with Crippen molar-refractivity contribution in [2.75, 3.05) is 7.11 Å². The van der Waals surface area contributed by atoms with Crippen LogP contribution < -0.4 is 15.3 Å². The Morgan fingerprint density at radius 1 is 1.23 bits per heavy atom. The van der Waals surface area contributed by atoms with Crippen LogP contribution in [0.3, 0.4) is 0 Å². The second kappa shape index (κ2) is 8.17. The molecule has 30 heavy (non-hydrogen) atoms. The quantitative estimate of drug-likeness (QED) is 0.321. The van der Waals surface area contributed by atoms with Crippen LogP contribution in [0.4, 0.5) is 0 Å². The second-order valence-electron chi connectivity index (χ2n) is 7.10. The summed E-state index contributed by atoms with van der Waals surface area (Å²) in [5.74, 6) is -2.36. The minimum atomic E-state index is -1.41. The van der Waals surface area contributed by atoms with Gasteiger partial charge < -0.3 is 30.3 Å². The Morgan fingerprint density at radius 3 is 2.80 bits per heavy atom. The van der Waals surface area contributed by atoms with Gasteiger partial charge in [0.15, 0.2) is 5.71 Å². The topological polar surface area (TPSA) is 129 Å². The van der Waals surface area contributed by atoms with Crippen molar-refractivity contribution in [2.24, 2.45) is 5.16 Å². The van der Waals surface area contributed by atoms with E-state index in [2.05, 4.69) is 15.8 Å². The number of oxime groups is 1. The lowest BCUT2D eigenvalue weighted by atomic mass is 9.72. The molecule has 2 aromatic rings. The van der Waals surface area contributed by atoms with Gasteiger partial charge in [0.25, 0.3) is 5.91 Å². The highest BCUT2D eigenvalue weighted by molar-refractivity contribution is 6.50. The lowest BCUT2D eigenvalue weighted by molar-refractivity contribution is -0.115. The Balaban J connectivity index is 1.55. The number of fused-ring (bicyclic) bond motifs is 2. The average molecular weight is 409 g/mol. The van der Waals surface area contributed by atoms with E-state index >= 15 is 0 Å². The van der Waals surface area contributed by atoms with Crippen molar-refractivity contribution in [3.05, 3.63) is 64.2 Å². The maximum absolute atomic E-state index is 12.9. The molecule has 0 saturated carbocycles. The molecular weight excluding hydrogens is 389 g/mol. The number of para-hydroxylation sites is 1. The number of hydrogen-bond acceptors (Lipinski definition) is 7. The minimum Gasteiger partial charge on any atom is -0.534 e. The predicted molar refractivity (Wildman–Crippen MR) is 108 cm³/mol. The third kappa shape index (κ3) is 3.74. The zero-order valence-corrected chi connectivity index (χ0v) is 16.2. The van der Waals surface area contributed by atoms with Gasteiger partial charge in [0.05, 0.1) is 11.5 Å². The van der Waals surface area contributed by atoms with Crippen molar-refractivity contribution < 1.29 is 29.2 Å². The van der Waals surface area contributed by atoms with Crippen LogP contribution >= 0.6 is 0 Å². The number of benzene rings is 2. The van der Waals surface area contributed by atoms with E-state index in [1.54, 1.807) is 18.2 Å². The van der Waals surface area contributed by atoms with E-state index in [4.69, 9.17) is 9.49 Å². The molecule has 0 saturated heterocycles. The summed E-state index contributed by atoms with van der Waals surface area (Å²) in [4.78, 5) is 29.2. The monoisotopic (exact) mass is 409 g/mol. The third-order valence-corrected chi connectivity index (χ3v) is 5.17. The Kier molecular flexibility index (Phi) is 5.43. The van der Waals surface area contributed by atoms with Gasteiger partial charge in [-0.05, 0) is 35.2 Å². The number of nitrogens with one attached hydrogen (secondary N) is 2. The van der Waals surface area contributed by atoms with E-state index < -0.39 is 24.9 Å². The second-order valence-corrected chi connectivity index (χ2v) is 7.10. The number of carbonyl (C=O) groups is 2. The van der Waals surface area contributed by atoms with Crippen LogP contribution in [0, 0.1) is 0 Å². The Bertz CT molecular complexity index is 1040. The van der Waals surface area contributed by atoms with Crippen molar-refractivity contribution in [1.82, 2.24) is 10.6 Å².